The zero-order valence-electron chi connectivity index (χ0n) is 14.8. The third-order valence-electron chi connectivity index (χ3n) is 5.04. The minimum absolute atomic E-state index is 0.303. The molecule has 0 atom stereocenters. The van der Waals surface area contributed by atoms with E-state index in [2.05, 4.69) is 17.3 Å². The van der Waals surface area contributed by atoms with E-state index >= 15 is 0 Å². The number of para-hydroxylation sites is 1. The summed E-state index contributed by atoms with van der Waals surface area (Å²) in [4.78, 5) is 2.62. The normalized spacial score (nSPS) is 16.8. The van der Waals surface area contributed by atoms with Crippen molar-refractivity contribution in [1.29, 1.82) is 0 Å². The molecule has 1 saturated heterocycles. The fraction of sp³-hybridized carbons (Fsp3) is 0.300. The summed E-state index contributed by atoms with van der Waals surface area (Å²) < 4.78 is 27.6. The molecule has 2 heterocycles. The molecule has 1 N–H and O–H groups in total. The van der Waals surface area contributed by atoms with Crippen LogP contribution in [0.1, 0.15) is 12.8 Å². The van der Waals surface area contributed by atoms with E-state index in [-0.39, 0.29) is 0 Å². The summed E-state index contributed by atoms with van der Waals surface area (Å²) in [6.45, 7) is 2.12. The van der Waals surface area contributed by atoms with Gasteiger partial charge in [0.15, 0.2) is 0 Å². The lowest BCUT2D eigenvalue weighted by atomic mass is 10.1. The molecule has 136 valence electrons. The molecule has 4 rings (SSSR count). The molecule has 0 radical (unpaired) electrons. The smallest absolute Gasteiger partial charge is 0.268 e. The lowest BCUT2D eigenvalue weighted by Gasteiger charge is -2.30. The SMILES string of the molecule is CN1CCC(Nc2cccc(S(=O)(=O)n3ccc4ccccc43)c2)CC1. The zero-order chi connectivity index (χ0) is 18.1. The van der Waals surface area contributed by atoms with Crippen molar-refractivity contribution in [3.8, 4) is 0 Å². The molecular formula is C20H23N3O2S. The molecule has 1 aliphatic heterocycles. The number of piperidine rings is 1. The predicted molar refractivity (Wildman–Crippen MR) is 105 cm³/mol. The highest BCUT2D eigenvalue weighted by Crippen LogP contribution is 2.24. The average Bonchev–Trinajstić information content (AvgIpc) is 3.09. The maximum atomic E-state index is 13.1. The van der Waals surface area contributed by atoms with Crippen molar-refractivity contribution >= 4 is 26.6 Å². The molecule has 3 aromatic rings. The standard InChI is InChI=1S/C20H23N3O2S/c1-22-12-10-17(11-13-22)21-18-6-4-7-19(15-18)26(24,25)23-14-9-16-5-2-3-8-20(16)23/h2-9,14-15,17,21H,10-13H2,1H3. The first-order valence-corrected chi connectivity index (χ1v) is 10.3. The van der Waals surface area contributed by atoms with Crippen LogP contribution < -0.4 is 5.32 Å². The molecule has 26 heavy (non-hydrogen) atoms. The van der Waals surface area contributed by atoms with Gasteiger partial charge in [-0.1, -0.05) is 24.3 Å². The highest BCUT2D eigenvalue weighted by molar-refractivity contribution is 7.90. The summed E-state index contributed by atoms with van der Waals surface area (Å²) >= 11 is 0. The summed E-state index contributed by atoms with van der Waals surface area (Å²) in [5.74, 6) is 0. The molecule has 6 heteroatoms. The second-order valence-electron chi connectivity index (χ2n) is 6.93. The Hall–Kier alpha value is -2.31. The second kappa shape index (κ2) is 6.78. The van der Waals surface area contributed by atoms with Crippen LogP contribution in [0.5, 0.6) is 0 Å². The minimum Gasteiger partial charge on any atom is -0.382 e. The molecule has 1 aromatic heterocycles. The van der Waals surface area contributed by atoms with Gasteiger partial charge in [0.25, 0.3) is 10.0 Å². The first-order valence-electron chi connectivity index (χ1n) is 8.91. The van der Waals surface area contributed by atoms with Gasteiger partial charge in [-0.2, -0.15) is 0 Å². The van der Waals surface area contributed by atoms with Gasteiger partial charge in [-0.15, -0.1) is 0 Å². The van der Waals surface area contributed by atoms with Gasteiger partial charge >= 0.3 is 0 Å². The Kier molecular flexibility index (Phi) is 4.46. The molecule has 0 saturated carbocycles. The largest absolute Gasteiger partial charge is 0.382 e. The van der Waals surface area contributed by atoms with Gasteiger partial charge in [0.1, 0.15) is 0 Å². The fourth-order valence-corrected chi connectivity index (χ4v) is 4.92. The Balaban J connectivity index is 1.63. The van der Waals surface area contributed by atoms with Gasteiger partial charge in [-0.25, -0.2) is 12.4 Å². The topological polar surface area (TPSA) is 54.3 Å². The summed E-state index contributed by atoms with van der Waals surface area (Å²) in [6, 6.07) is 16.8. The number of nitrogens with zero attached hydrogens (tertiary/aromatic N) is 2. The van der Waals surface area contributed by atoms with Crippen LogP contribution in [0, 0.1) is 0 Å². The second-order valence-corrected chi connectivity index (χ2v) is 8.74. The van der Waals surface area contributed by atoms with E-state index < -0.39 is 10.0 Å². The van der Waals surface area contributed by atoms with Gasteiger partial charge in [0, 0.05) is 23.3 Å². The number of aromatic nitrogens is 1. The quantitative estimate of drug-likeness (QED) is 0.766. The van der Waals surface area contributed by atoms with Crippen molar-refractivity contribution < 1.29 is 8.42 Å². The van der Waals surface area contributed by atoms with Crippen molar-refractivity contribution in [3.63, 3.8) is 0 Å². The van der Waals surface area contributed by atoms with Crippen molar-refractivity contribution in [1.82, 2.24) is 8.87 Å². The molecule has 1 fully saturated rings. The van der Waals surface area contributed by atoms with Gasteiger partial charge in [-0.05, 0) is 63.3 Å². The molecule has 2 aromatic carbocycles. The van der Waals surface area contributed by atoms with Gasteiger partial charge in [0.05, 0.1) is 10.4 Å². The number of likely N-dealkylation sites (tertiary alicyclic amines) is 1. The lowest BCUT2D eigenvalue weighted by Crippen LogP contribution is -2.36. The van der Waals surface area contributed by atoms with Crippen LogP contribution in [0.25, 0.3) is 10.9 Å². The fourth-order valence-electron chi connectivity index (χ4n) is 3.52. The highest BCUT2D eigenvalue weighted by Gasteiger charge is 2.20. The number of hydrogen-bond donors (Lipinski definition) is 1. The van der Waals surface area contributed by atoms with E-state index in [1.54, 1.807) is 24.4 Å². The molecule has 0 unspecified atom stereocenters. The number of anilines is 1. The van der Waals surface area contributed by atoms with E-state index in [0.717, 1.165) is 37.0 Å². The zero-order valence-corrected chi connectivity index (χ0v) is 15.6. The van der Waals surface area contributed by atoms with E-state index in [1.807, 2.05) is 36.4 Å². The number of fused-ring (bicyclic) bond motifs is 1. The minimum atomic E-state index is -3.63. The number of nitrogens with one attached hydrogen (secondary N) is 1. The Morgan fingerprint density at radius 2 is 1.77 bits per heavy atom. The van der Waals surface area contributed by atoms with Crippen LogP contribution in [-0.4, -0.2) is 43.5 Å². The first kappa shape index (κ1) is 17.1. The van der Waals surface area contributed by atoms with Crippen LogP contribution in [0.2, 0.25) is 0 Å². The van der Waals surface area contributed by atoms with E-state index in [4.69, 9.17) is 0 Å². The molecule has 0 bridgehead atoms. The molecular weight excluding hydrogens is 346 g/mol. The van der Waals surface area contributed by atoms with Crippen LogP contribution >= 0.6 is 0 Å². The van der Waals surface area contributed by atoms with Crippen LogP contribution in [-0.2, 0) is 10.0 Å². The van der Waals surface area contributed by atoms with E-state index in [0.29, 0.717) is 16.5 Å². The molecule has 1 aliphatic rings. The Bertz CT molecular complexity index is 1020. The lowest BCUT2D eigenvalue weighted by molar-refractivity contribution is 0.264. The van der Waals surface area contributed by atoms with E-state index in [9.17, 15) is 8.42 Å². The molecule has 0 spiro atoms. The summed E-state index contributed by atoms with van der Waals surface area (Å²) in [6.07, 6.45) is 3.75. The number of hydrogen-bond acceptors (Lipinski definition) is 4. The van der Waals surface area contributed by atoms with Gasteiger partial charge in [0.2, 0.25) is 0 Å². The maximum absolute atomic E-state index is 13.1. The van der Waals surface area contributed by atoms with Crippen LogP contribution in [0.3, 0.4) is 0 Å². The highest BCUT2D eigenvalue weighted by atomic mass is 32.2. The summed E-state index contributed by atoms with van der Waals surface area (Å²) in [5, 5.41) is 4.41. The van der Waals surface area contributed by atoms with E-state index in [1.165, 1.54) is 3.97 Å². The maximum Gasteiger partial charge on any atom is 0.268 e. The predicted octanol–water partition coefficient (Wildman–Crippen LogP) is 3.38. The average molecular weight is 369 g/mol. The molecule has 5 nitrogen and oxygen atoms in total. The van der Waals surface area contributed by atoms with Crippen molar-refractivity contribution in [2.45, 2.75) is 23.8 Å². The first-order chi connectivity index (χ1) is 12.5. The van der Waals surface area contributed by atoms with Crippen molar-refractivity contribution in [3.05, 3.63) is 60.8 Å². The van der Waals surface area contributed by atoms with Crippen molar-refractivity contribution in [2.75, 3.05) is 25.5 Å². The third-order valence-corrected chi connectivity index (χ3v) is 6.73. The number of rotatable bonds is 4. The number of benzene rings is 2. The van der Waals surface area contributed by atoms with Gasteiger partial charge < -0.3 is 10.2 Å². The molecule has 0 amide bonds. The monoisotopic (exact) mass is 369 g/mol. The van der Waals surface area contributed by atoms with Crippen LogP contribution in [0.15, 0.2) is 65.7 Å². The Labute approximate surface area is 154 Å². The van der Waals surface area contributed by atoms with Gasteiger partial charge in [-0.3, -0.25) is 0 Å². The Morgan fingerprint density at radius 1 is 1.00 bits per heavy atom. The summed E-state index contributed by atoms with van der Waals surface area (Å²) in [7, 11) is -1.50. The Morgan fingerprint density at radius 3 is 2.58 bits per heavy atom. The summed E-state index contributed by atoms with van der Waals surface area (Å²) in [5.41, 5.74) is 1.55. The molecule has 0 aliphatic carbocycles. The van der Waals surface area contributed by atoms with Crippen LogP contribution in [0.4, 0.5) is 5.69 Å². The third kappa shape index (κ3) is 3.22. The van der Waals surface area contributed by atoms with Crippen molar-refractivity contribution in [2.24, 2.45) is 0 Å².